The van der Waals surface area contributed by atoms with Crippen molar-refractivity contribution in [3.63, 3.8) is 0 Å². The third kappa shape index (κ3) is 4.37. The van der Waals surface area contributed by atoms with E-state index in [2.05, 4.69) is 5.32 Å². The molecule has 1 aliphatic rings. The number of benzene rings is 1. The molecule has 2 rings (SSSR count). The fourth-order valence-corrected chi connectivity index (χ4v) is 2.47. The van der Waals surface area contributed by atoms with Gasteiger partial charge >= 0.3 is 12.2 Å². The Morgan fingerprint density at radius 3 is 2.59 bits per heavy atom. The largest absolute Gasteiger partial charge is 0.416 e. The summed E-state index contributed by atoms with van der Waals surface area (Å²) in [5.74, 6) is 0.229. The number of piperidine rings is 1. The number of amides is 2. The second kappa shape index (κ2) is 7.00. The number of nitrogens with one attached hydrogen (secondary N) is 1. The fourth-order valence-electron chi connectivity index (χ4n) is 2.47. The minimum absolute atomic E-state index is 0.0582. The molecule has 1 heterocycles. The predicted octanol–water partition coefficient (Wildman–Crippen LogP) is 2.62. The lowest BCUT2D eigenvalue weighted by atomic mass is 9.98. The molecule has 0 radical (unpaired) electrons. The highest BCUT2D eigenvalue weighted by molar-refractivity contribution is 5.74. The molecule has 0 aliphatic carbocycles. The third-order valence-corrected chi connectivity index (χ3v) is 3.86. The Bertz CT molecular complexity index is 512. The number of aliphatic hydroxyl groups excluding tert-OH is 1. The number of halogens is 3. The van der Waals surface area contributed by atoms with Crippen LogP contribution in [0.2, 0.25) is 0 Å². The van der Waals surface area contributed by atoms with Crippen molar-refractivity contribution in [2.24, 2.45) is 5.92 Å². The maximum absolute atomic E-state index is 12.6. The molecule has 2 amide bonds. The summed E-state index contributed by atoms with van der Waals surface area (Å²) >= 11 is 0. The molecule has 1 saturated heterocycles. The number of hydrogen-bond donors (Lipinski definition) is 2. The van der Waals surface area contributed by atoms with Gasteiger partial charge in [-0.25, -0.2) is 4.79 Å². The molecular weight excluding hydrogens is 297 g/mol. The smallest absolute Gasteiger partial charge is 0.396 e. The zero-order valence-corrected chi connectivity index (χ0v) is 12.1. The van der Waals surface area contributed by atoms with Gasteiger partial charge in [-0.2, -0.15) is 13.2 Å². The molecule has 0 saturated carbocycles. The molecular formula is C15H19F3N2O2. The number of carbonyl (C=O) groups is 1. The van der Waals surface area contributed by atoms with Crippen molar-refractivity contribution in [2.45, 2.75) is 25.6 Å². The van der Waals surface area contributed by atoms with Crippen LogP contribution < -0.4 is 5.32 Å². The lowest BCUT2D eigenvalue weighted by Gasteiger charge is -2.31. The summed E-state index contributed by atoms with van der Waals surface area (Å²) in [6, 6.07) is 4.64. The predicted molar refractivity (Wildman–Crippen MR) is 75.1 cm³/mol. The Balaban J connectivity index is 1.86. The molecule has 0 bridgehead atoms. The molecule has 122 valence electrons. The summed E-state index contributed by atoms with van der Waals surface area (Å²) in [6.45, 7) is 1.29. The summed E-state index contributed by atoms with van der Waals surface area (Å²) in [5.41, 5.74) is -0.309. The molecule has 1 aliphatic heterocycles. The quantitative estimate of drug-likeness (QED) is 0.901. The Morgan fingerprint density at radius 2 is 2.00 bits per heavy atom. The maximum atomic E-state index is 12.6. The van der Waals surface area contributed by atoms with Crippen LogP contribution >= 0.6 is 0 Å². The van der Waals surface area contributed by atoms with Gasteiger partial charge in [-0.3, -0.25) is 0 Å². The van der Waals surface area contributed by atoms with Gasteiger partial charge in [-0.1, -0.05) is 12.1 Å². The Morgan fingerprint density at radius 1 is 1.32 bits per heavy atom. The van der Waals surface area contributed by atoms with Crippen LogP contribution in [0.15, 0.2) is 24.3 Å². The zero-order valence-electron chi connectivity index (χ0n) is 12.1. The standard InChI is InChI=1S/C15H19F3N2O2/c16-15(17,18)13-3-1-2-12(8-13)9-19-14(22)20-6-4-11(10-21)5-7-20/h1-3,8,11,21H,4-7,9-10H2,(H,19,22). The Kier molecular flexibility index (Phi) is 5.28. The highest BCUT2D eigenvalue weighted by atomic mass is 19.4. The van der Waals surface area contributed by atoms with Crippen molar-refractivity contribution < 1.29 is 23.1 Å². The third-order valence-electron chi connectivity index (χ3n) is 3.86. The van der Waals surface area contributed by atoms with Gasteiger partial charge in [0, 0.05) is 26.2 Å². The first-order valence-corrected chi connectivity index (χ1v) is 7.20. The first-order valence-electron chi connectivity index (χ1n) is 7.20. The highest BCUT2D eigenvalue weighted by Gasteiger charge is 2.30. The van der Waals surface area contributed by atoms with Crippen LogP contribution in [-0.4, -0.2) is 35.7 Å². The lowest BCUT2D eigenvalue weighted by molar-refractivity contribution is -0.137. The number of nitrogens with zero attached hydrogens (tertiary/aromatic N) is 1. The molecule has 0 unspecified atom stereocenters. The van der Waals surface area contributed by atoms with E-state index in [1.54, 1.807) is 11.0 Å². The van der Waals surface area contributed by atoms with Crippen LogP contribution in [0.5, 0.6) is 0 Å². The van der Waals surface area contributed by atoms with Gasteiger partial charge < -0.3 is 15.3 Å². The number of rotatable bonds is 3. The molecule has 1 aromatic carbocycles. The first kappa shape index (κ1) is 16.6. The van der Waals surface area contributed by atoms with E-state index in [1.807, 2.05) is 0 Å². The fraction of sp³-hybridized carbons (Fsp3) is 0.533. The van der Waals surface area contributed by atoms with Crippen LogP contribution in [0.4, 0.5) is 18.0 Å². The molecule has 22 heavy (non-hydrogen) atoms. The van der Waals surface area contributed by atoms with E-state index in [9.17, 15) is 18.0 Å². The second-order valence-corrected chi connectivity index (χ2v) is 5.47. The Labute approximate surface area is 126 Å². The molecule has 7 heteroatoms. The van der Waals surface area contributed by atoms with Gasteiger partial charge in [0.05, 0.1) is 5.56 Å². The van der Waals surface area contributed by atoms with E-state index in [0.717, 1.165) is 25.0 Å². The van der Waals surface area contributed by atoms with E-state index < -0.39 is 11.7 Å². The molecule has 1 fully saturated rings. The summed E-state index contributed by atoms with van der Waals surface area (Å²) in [5, 5.41) is 11.7. The minimum atomic E-state index is -4.38. The van der Waals surface area contributed by atoms with E-state index in [4.69, 9.17) is 5.11 Å². The lowest BCUT2D eigenvalue weighted by Crippen LogP contribution is -2.44. The van der Waals surface area contributed by atoms with E-state index in [-0.39, 0.29) is 25.1 Å². The van der Waals surface area contributed by atoms with Gasteiger partial charge in [0.15, 0.2) is 0 Å². The molecule has 0 atom stereocenters. The van der Waals surface area contributed by atoms with Gasteiger partial charge in [0.1, 0.15) is 0 Å². The van der Waals surface area contributed by atoms with Crippen molar-refractivity contribution >= 4 is 6.03 Å². The van der Waals surface area contributed by atoms with Crippen molar-refractivity contribution in [3.05, 3.63) is 35.4 Å². The monoisotopic (exact) mass is 316 g/mol. The van der Waals surface area contributed by atoms with Crippen LogP contribution in [0, 0.1) is 5.92 Å². The highest BCUT2D eigenvalue weighted by Crippen LogP contribution is 2.29. The number of urea groups is 1. The van der Waals surface area contributed by atoms with E-state index in [1.165, 1.54) is 6.07 Å². The normalized spacial score (nSPS) is 16.6. The van der Waals surface area contributed by atoms with Crippen LogP contribution in [0.1, 0.15) is 24.0 Å². The number of aliphatic hydroxyl groups is 1. The molecule has 0 aromatic heterocycles. The SMILES string of the molecule is O=C(NCc1cccc(C(F)(F)F)c1)N1CCC(CO)CC1. The number of hydrogen-bond acceptors (Lipinski definition) is 2. The minimum Gasteiger partial charge on any atom is -0.396 e. The summed E-state index contributed by atoms with van der Waals surface area (Å²) in [4.78, 5) is 13.6. The summed E-state index contributed by atoms with van der Waals surface area (Å²) in [7, 11) is 0. The number of alkyl halides is 3. The van der Waals surface area contributed by atoms with Crippen molar-refractivity contribution in [3.8, 4) is 0 Å². The van der Waals surface area contributed by atoms with Crippen molar-refractivity contribution in [2.75, 3.05) is 19.7 Å². The topological polar surface area (TPSA) is 52.6 Å². The van der Waals surface area contributed by atoms with E-state index in [0.29, 0.717) is 18.7 Å². The van der Waals surface area contributed by atoms with Crippen LogP contribution in [-0.2, 0) is 12.7 Å². The zero-order chi connectivity index (χ0) is 16.2. The average Bonchev–Trinajstić information content (AvgIpc) is 2.52. The van der Waals surface area contributed by atoms with Gasteiger partial charge in [-0.05, 0) is 36.5 Å². The maximum Gasteiger partial charge on any atom is 0.416 e. The molecule has 2 N–H and O–H groups in total. The van der Waals surface area contributed by atoms with Crippen molar-refractivity contribution in [1.29, 1.82) is 0 Å². The van der Waals surface area contributed by atoms with E-state index >= 15 is 0 Å². The molecule has 1 aromatic rings. The first-order chi connectivity index (χ1) is 10.4. The summed E-state index contributed by atoms with van der Waals surface area (Å²) in [6.07, 6.45) is -2.90. The molecule has 4 nitrogen and oxygen atoms in total. The Hall–Kier alpha value is -1.76. The average molecular weight is 316 g/mol. The second-order valence-electron chi connectivity index (χ2n) is 5.47. The van der Waals surface area contributed by atoms with Gasteiger partial charge in [0.25, 0.3) is 0 Å². The van der Waals surface area contributed by atoms with Crippen molar-refractivity contribution in [1.82, 2.24) is 10.2 Å². The number of carbonyl (C=O) groups excluding carboxylic acids is 1. The van der Waals surface area contributed by atoms with Gasteiger partial charge in [0.2, 0.25) is 0 Å². The molecule has 0 spiro atoms. The van der Waals surface area contributed by atoms with Crippen LogP contribution in [0.25, 0.3) is 0 Å². The van der Waals surface area contributed by atoms with Crippen LogP contribution in [0.3, 0.4) is 0 Å². The number of likely N-dealkylation sites (tertiary alicyclic amines) is 1. The summed E-state index contributed by atoms with van der Waals surface area (Å²) < 4.78 is 37.8. The van der Waals surface area contributed by atoms with Gasteiger partial charge in [-0.15, -0.1) is 0 Å².